The SMILES string of the molecule is C[Si](C)(C)O[Si](C)(CCCOC(=O)/C=C/C(=O)OCCC[Si](C)(O[Si](C)(C)C)O[Si](C)(C)C)O[Si](C)(C)C. The van der Waals surface area contributed by atoms with Crippen molar-refractivity contribution in [2.24, 2.45) is 0 Å². The van der Waals surface area contributed by atoms with Crippen LogP contribution >= 0.6 is 0 Å². The molecule has 0 amide bonds. The van der Waals surface area contributed by atoms with E-state index in [9.17, 15) is 9.59 Å². The molecule has 0 bridgehead atoms. The lowest BCUT2D eigenvalue weighted by molar-refractivity contribution is -0.140. The van der Waals surface area contributed by atoms with E-state index in [1.807, 2.05) is 0 Å². The van der Waals surface area contributed by atoms with Crippen molar-refractivity contribution in [3.05, 3.63) is 12.2 Å². The van der Waals surface area contributed by atoms with Crippen molar-refractivity contribution in [3.8, 4) is 0 Å². The number of esters is 2. The average Bonchev–Trinajstić information content (AvgIpc) is 2.60. The summed E-state index contributed by atoms with van der Waals surface area (Å²) in [5.74, 6) is -1.12. The van der Waals surface area contributed by atoms with Crippen LogP contribution in [0.1, 0.15) is 12.8 Å². The summed E-state index contributed by atoms with van der Waals surface area (Å²) >= 11 is 0. The minimum Gasteiger partial charge on any atom is -0.463 e. The van der Waals surface area contributed by atoms with E-state index < -0.39 is 62.3 Å². The highest BCUT2D eigenvalue weighted by Crippen LogP contribution is 2.26. The number of hydrogen-bond donors (Lipinski definition) is 0. The molecule has 0 aromatic carbocycles. The van der Waals surface area contributed by atoms with Gasteiger partial charge in [-0.3, -0.25) is 0 Å². The Labute approximate surface area is 239 Å². The molecular formula is C24H56O8Si6. The maximum atomic E-state index is 12.1. The van der Waals surface area contributed by atoms with Crippen LogP contribution in [0.3, 0.4) is 0 Å². The molecule has 8 nitrogen and oxygen atoms in total. The fourth-order valence-corrected chi connectivity index (χ4v) is 29.2. The molecule has 0 spiro atoms. The summed E-state index contributed by atoms with van der Waals surface area (Å²) in [6.45, 7) is 30.7. The fraction of sp³-hybridized carbons (Fsp3) is 0.833. The van der Waals surface area contributed by atoms with Gasteiger partial charge >= 0.3 is 29.1 Å². The number of ether oxygens (including phenoxy) is 2. The van der Waals surface area contributed by atoms with Crippen molar-refractivity contribution in [1.82, 2.24) is 0 Å². The van der Waals surface area contributed by atoms with E-state index in [-0.39, 0.29) is 13.2 Å². The largest absolute Gasteiger partial charge is 0.463 e. The van der Waals surface area contributed by atoms with Crippen LogP contribution < -0.4 is 0 Å². The third-order valence-electron chi connectivity index (χ3n) is 4.48. The first-order chi connectivity index (χ1) is 16.8. The van der Waals surface area contributed by atoms with Gasteiger partial charge in [0.05, 0.1) is 13.2 Å². The predicted molar refractivity (Wildman–Crippen MR) is 171 cm³/mol. The Morgan fingerprint density at radius 2 is 0.711 bits per heavy atom. The summed E-state index contributed by atoms with van der Waals surface area (Å²) in [5, 5.41) is 0. The smallest absolute Gasteiger partial charge is 0.331 e. The fourth-order valence-electron chi connectivity index (χ4n) is 4.20. The van der Waals surface area contributed by atoms with Crippen molar-refractivity contribution in [2.75, 3.05) is 13.2 Å². The Hall–Kier alpha value is -0.179. The zero-order valence-corrected chi connectivity index (χ0v) is 32.7. The van der Waals surface area contributed by atoms with E-state index in [4.69, 9.17) is 25.9 Å². The highest BCUT2D eigenvalue weighted by Gasteiger charge is 2.41. The van der Waals surface area contributed by atoms with Gasteiger partial charge in [-0.05, 0) is 117 Å². The molecule has 0 fully saturated rings. The van der Waals surface area contributed by atoms with E-state index in [0.717, 1.165) is 24.2 Å². The molecule has 0 aliphatic carbocycles. The van der Waals surface area contributed by atoms with E-state index in [1.165, 1.54) is 0 Å². The third-order valence-corrected chi connectivity index (χ3v) is 23.7. The van der Waals surface area contributed by atoms with Crippen LogP contribution in [0.2, 0.25) is 104 Å². The third kappa shape index (κ3) is 21.6. The van der Waals surface area contributed by atoms with Crippen LogP contribution in [0.25, 0.3) is 0 Å². The van der Waals surface area contributed by atoms with Gasteiger partial charge < -0.3 is 25.9 Å². The van der Waals surface area contributed by atoms with Gasteiger partial charge in [-0.25, -0.2) is 9.59 Å². The van der Waals surface area contributed by atoms with Crippen LogP contribution in [-0.2, 0) is 35.5 Å². The number of rotatable bonds is 18. The molecular weight excluding hydrogens is 585 g/mol. The normalized spacial score (nSPS) is 14.2. The monoisotopic (exact) mass is 640 g/mol. The maximum absolute atomic E-state index is 12.1. The molecule has 0 aliphatic rings. The van der Waals surface area contributed by atoms with Crippen LogP contribution in [-0.4, -0.2) is 75.5 Å². The van der Waals surface area contributed by atoms with Crippen molar-refractivity contribution >= 4 is 62.3 Å². The highest BCUT2D eigenvalue weighted by atomic mass is 28.5. The zero-order chi connectivity index (χ0) is 30.1. The number of carbonyl (C=O) groups is 2. The van der Waals surface area contributed by atoms with Gasteiger partial charge in [-0.2, -0.15) is 0 Å². The van der Waals surface area contributed by atoms with E-state index >= 15 is 0 Å². The molecule has 0 N–H and O–H groups in total. The molecule has 38 heavy (non-hydrogen) atoms. The Balaban J connectivity index is 4.60. The maximum Gasteiger partial charge on any atom is 0.331 e. The van der Waals surface area contributed by atoms with Gasteiger partial charge in [0, 0.05) is 12.2 Å². The molecule has 0 saturated carbocycles. The summed E-state index contributed by atoms with van der Waals surface area (Å²) < 4.78 is 36.5. The van der Waals surface area contributed by atoms with Crippen LogP contribution in [0.5, 0.6) is 0 Å². The zero-order valence-electron chi connectivity index (χ0n) is 26.7. The Bertz CT molecular complexity index is 683. The molecule has 224 valence electrons. The molecule has 0 aromatic rings. The lowest BCUT2D eigenvalue weighted by atomic mass is 10.4. The van der Waals surface area contributed by atoms with Gasteiger partial charge in [0.15, 0.2) is 33.3 Å². The van der Waals surface area contributed by atoms with E-state index in [1.54, 1.807) is 0 Å². The Morgan fingerprint density at radius 3 is 0.921 bits per heavy atom. The van der Waals surface area contributed by atoms with E-state index in [2.05, 4.69) is 91.7 Å². The first kappa shape index (κ1) is 37.8. The summed E-state index contributed by atoms with van der Waals surface area (Å²) in [4.78, 5) is 24.2. The molecule has 0 unspecified atom stereocenters. The summed E-state index contributed by atoms with van der Waals surface area (Å²) in [5.41, 5.74) is 0. The summed E-state index contributed by atoms with van der Waals surface area (Å²) in [6, 6.07) is 1.51. The lowest BCUT2D eigenvalue weighted by Gasteiger charge is -2.38. The highest BCUT2D eigenvalue weighted by molar-refractivity contribution is 6.88. The van der Waals surface area contributed by atoms with Crippen LogP contribution in [0.4, 0.5) is 0 Å². The van der Waals surface area contributed by atoms with Crippen LogP contribution in [0.15, 0.2) is 12.2 Å². The Morgan fingerprint density at radius 1 is 0.474 bits per heavy atom. The second-order valence-electron chi connectivity index (χ2n) is 14.0. The molecule has 14 heteroatoms. The molecule has 0 rings (SSSR count). The minimum atomic E-state index is -2.36. The number of carbonyl (C=O) groups excluding carboxylic acids is 2. The van der Waals surface area contributed by atoms with Crippen molar-refractivity contribution in [3.63, 3.8) is 0 Å². The summed E-state index contributed by atoms with van der Waals surface area (Å²) in [6.07, 6.45) is 3.56. The van der Waals surface area contributed by atoms with Crippen molar-refractivity contribution in [1.29, 1.82) is 0 Å². The molecule has 0 radical (unpaired) electrons. The molecule has 0 aliphatic heterocycles. The quantitative estimate of drug-likeness (QED) is 0.0688. The van der Waals surface area contributed by atoms with Gasteiger partial charge in [-0.15, -0.1) is 0 Å². The van der Waals surface area contributed by atoms with Gasteiger partial charge in [-0.1, -0.05) is 0 Å². The number of hydrogen-bond acceptors (Lipinski definition) is 8. The molecule has 0 saturated heterocycles. The molecule has 0 heterocycles. The lowest BCUT2D eigenvalue weighted by Crippen LogP contribution is -2.52. The van der Waals surface area contributed by atoms with Crippen LogP contribution in [0, 0.1) is 0 Å². The standard InChI is InChI=1S/C24H56O8Si6/c1-33(2,3)29-37(13,30-34(4,5)6)21-15-19-27-23(25)17-18-24(26)28-20-16-22-38(14,31-35(7,8)9)32-36(10,11)12/h17-18H,15-16,19-22H2,1-14H3/b18-17+. The first-order valence-corrected chi connectivity index (χ1v) is 32.3. The van der Waals surface area contributed by atoms with Gasteiger partial charge in [0.2, 0.25) is 0 Å². The average molecular weight is 641 g/mol. The predicted octanol–water partition coefficient (Wildman–Crippen LogP) is 6.96. The topological polar surface area (TPSA) is 89.5 Å². The molecule has 0 aromatic heterocycles. The van der Waals surface area contributed by atoms with Crippen molar-refractivity contribution < 1.29 is 35.5 Å². The first-order valence-electron chi connectivity index (χ1n) is 13.6. The van der Waals surface area contributed by atoms with Gasteiger partial charge in [0.25, 0.3) is 0 Å². The molecule has 0 atom stereocenters. The summed E-state index contributed by atoms with van der Waals surface area (Å²) in [7, 11) is -11.8. The van der Waals surface area contributed by atoms with Crippen molar-refractivity contribution in [2.45, 2.75) is 117 Å². The Kier molecular flexibility index (Phi) is 15.1. The minimum absolute atomic E-state index is 0.252. The van der Waals surface area contributed by atoms with E-state index in [0.29, 0.717) is 12.8 Å². The van der Waals surface area contributed by atoms with Gasteiger partial charge in [0.1, 0.15) is 0 Å². The second kappa shape index (κ2) is 15.2. The second-order valence-corrected chi connectivity index (χ2v) is 39.7.